The lowest BCUT2D eigenvalue weighted by Gasteiger charge is -2.20. The second-order valence-electron chi connectivity index (χ2n) is 7.09. The van der Waals surface area contributed by atoms with Crippen LogP contribution in [0, 0.1) is 6.92 Å². The van der Waals surface area contributed by atoms with Crippen molar-refractivity contribution in [2.75, 3.05) is 23.3 Å². The Morgan fingerprint density at radius 2 is 2.00 bits per heavy atom. The highest BCUT2D eigenvalue weighted by Gasteiger charge is 2.31. The minimum Gasteiger partial charge on any atom is -0.406 e. The van der Waals surface area contributed by atoms with E-state index in [1.807, 2.05) is 4.90 Å². The van der Waals surface area contributed by atoms with E-state index in [-0.39, 0.29) is 11.8 Å². The summed E-state index contributed by atoms with van der Waals surface area (Å²) in [5.74, 6) is 0.0996. The Kier molecular flexibility index (Phi) is 4.88. The van der Waals surface area contributed by atoms with Crippen LogP contribution >= 0.6 is 0 Å². The molecule has 1 fully saturated rings. The number of aromatic amines is 2. The van der Waals surface area contributed by atoms with Gasteiger partial charge in [0.1, 0.15) is 11.6 Å². The van der Waals surface area contributed by atoms with E-state index >= 15 is 0 Å². The van der Waals surface area contributed by atoms with Gasteiger partial charge in [-0.1, -0.05) is 0 Å². The molecule has 2 aromatic heterocycles. The van der Waals surface area contributed by atoms with Crippen molar-refractivity contribution < 1.29 is 17.9 Å². The van der Waals surface area contributed by atoms with E-state index in [1.54, 1.807) is 13.0 Å². The standard InChI is InChI=1S/C19H18F3N5O3/c1-10-6-15(13-7-12(30-19(20,21)22)2-3-14(13)23-10)24-11-4-5-27(9-11)16-8-17(28)26-18(29)25-16/h2-3,6-8,11H,4-5,9H2,1H3,(H,23,24)(H2,25,26,28,29)/t11-/m1/s1. The molecular formula is C19H18F3N5O3. The maximum atomic E-state index is 12.6. The van der Waals surface area contributed by atoms with Crippen LogP contribution in [-0.2, 0) is 0 Å². The van der Waals surface area contributed by atoms with Crippen LogP contribution in [0.25, 0.3) is 10.9 Å². The van der Waals surface area contributed by atoms with Crippen LogP contribution in [-0.4, -0.2) is 40.4 Å². The van der Waals surface area contributed by atoms with Crippen molar-refractivity contribution in [3.05, 3.63) is 56.9 Å². The number of anilines is 2. The van der Waals surface area contributed by atoms with Gasteiger partial charge in [0.25, 0.3) is 5.56 Å². The predicted octanol–water partition coefficient (Wildman–Crippen LogP) is 2.51. The Labute approximate surface area is 167 Å². The topological polar surface area (TPSA) is 103 Å². The number of hydrogen-bond donors (Lipinski definition) is 3. The van der Waals surface area contributed by atoms with E-state index in [0.717, 1.165) is 0 Å². The highest BCUT2D eigenvalue weighted by atomic mass is 19.4. The molecule has 11 heteroatoms. The fourth-order valence-electron chi connectivity index (χ4n) is 3.60. The summed E-state index contributed by atoms with van der Waals surface area (Å²) in [4.78, 5) is 34.0. The van der Waals surface area contributed by atoms with Crippen molar-refractivity contribution in [3.63, 3.8) is 0 Å². The smallest absolute Gasteiger partial charge is 0.406 e. The number of alkyl halides is 3. The number of ether oxygens (including phenoxy) is 1. The molecule has 0 radical (unpaired) electrons. The summed E-state index contributed by atoms with van der Waals surface area (Å²) >= 11 is 0. The number of pyridine rings is 1. The number of halogens is 3. The molecule has 0 aliphatic carbocycles. The normalized spacial score (nSPS) is 16.8. The van der Waals surface area contributed by atoms with Crippen LogP contribution in [0.1, 0.15) is 12.1 Å². The molecule has 8 nitrogen and oxygen atoms in total. The summed E-state index contributed by atoms with van der Waals surface area (Å²) < 4.78 is 41.8. The van der Waals surface area contributed by atoms with Crippen LogP contribution < -0.4 is 26.2 Å². The van der Waals surface area contributed by atoms with Gasteiger partial charge in [0.15, 0.2) is 0 Å². The Bertz CT molecular complexity index is 1180. The first-order chi connectivity index (χ1) is 14.2. The van der Waals surface area contributed by atoms with Crippen LogP contribution in [0.2, 0.25) is 0 Å². The molecule has 0 spiro atoms. The van der Waals surface area contributed by atoms with Gasteiger partial charge in [-0.25, -0.2) is 4.79 Å². The van der Waals surface area contributed by atoms with Crippen molar-refractivity contribution in [1.82, 2.24) is 15.0 Å². The van der Waals surface area contributed by atoms with Gasteiger partial charge >= 0.3 is 12.1 Å². The molecular weight excluding hydrogens is 403 g/mol. The quantitative estimate of drug-likeness (QED) is 0.598. The van der Waals surface area contributed by atoms with Crippen molar-refractivity contribution in [2.45, 2.75) is 25.7 Å². The molecule has 1 aliphatic heterocycles. The highest BCUT2D eigenvalue weighted by molar-refractivity contribution is 5.92. The molecule has 0 saturated carbocycles. The lowest BCUT2D eigenvalue weighted by molar-refractivity contribution is -0.274. The zero-order valence-corrected chi connectivity index (χ0v) is 15.8. The number of nitrogens with zero attached hydrogens (tertiary/aromatic N) is 2. The summed E-state index contributed by atoms with van der Waals surface area (Å²) in [5.41, 5.74) is 0.820. The summed E-state index contributed by atoms with van der Waals surface area (Å²) in [6.07, 6.45) is -4.08. The minimum atomic E-state index is -4.78. The highest BCUT2D eigenvalue weighted by Crippen LogP contribution is 2.31. The van der Waals surface area contributed by atoms with Gasteiger partial charge < -0.3 is 15.0 Å². The number of H-pyrrole nitrogens is 2. The van der Waals surface area contributed by atoms with Gasteiger partial charge in [0, 0.05) is 42.0 Å². The minimum absolute atomic E-state index is 0.0509. The van der Waals surface area contributed by atoms with Gasteiger partial charge in [-0.15, -0.1) is 13.2 Å². The van der Waals surface area contributed by atoms with Crippen molar-refractivity contribution in [2.24, 2.45) is 0 Å². The molecule has 30 heavy (non-hydrogen) atoms. The zero-order chi connectivity index (χ0) is 21.5. The van der Waals surface area contributed by atoms with Crippen molar-refractivity contribution in [1.29, 1.82) is 0 Å². The first-order valence-corrected chi connectivity index (χ1v) is 9.18. The van der Waals surface area contributed by atoms with Crippen LogP contribution in [0.3, 0.4) is 0 Å². The third-order valence-corrected chi connectivity index (χ3v) is 4.78. The molecule has 0 unspecified atom stereocenters. The van der Waals surface area contributed by atoms with Crippen molar-refractivity contribution >= 4 is 22.4 Å². The lowest BCUT2D eigenvalue weighted by Crippen LogP contribution is -2.31. The number of aryl methyl sites for hydroxylation is 1. The van der Waals surface area contributed by atoms with E-state index in [2.05, 4.69) is 25.0 Å². The third kappa shape index (κ3) is 4.39. The van der Waals surface area contributed by atoms with E-state index in [9.17, 15) is 22.8 Å². The monoisotopic (exact) mass is 421 g/mol. The maximum Gasteiger partial charge on any atom is 0.573 e. The van der Waals surface area contributed by atoms with E-state index in [4.69, 9.17) is 0 Å². The molecule has 1 saturated heterocycles. The molecule has 0 amide bonds. The molecule has 3 aromatic rings. The summed E-state index contributed by atoms with van der Waals surface area (Å²) in [5, 5.41) is 3.85. The largest absolute Gasteiger partial charge is 0.573 e. The SMILES string of the molecule is Cc1cc(N[C@@H]2CCN(c3cc(=O)[nH]c(=O)[nH]3)C2)c2cc(OC(F)(F)F)ccc2n1. The Morgan fingerprint density at radius 1 is 1.20 bits per heavy atom. The average molecular weight is 421 g/mol. The van der Waals surface area contributed by atoms with E-state index in [1.165, 1.54) is 24.3 Å². The molecule has 3 heterocycles. The maximum absolute atomic E-state index is 12.6. The second-order valence-corrected chi connectivity index (χ2v) is 7.09. The van der Waals surface area contributed by atoms with Crippen LogP contribution in [0.4, 0.5) is 24.7 Å². The molecule has 158 valence electrons. The number of fused-ring (bicyclic) bond motifs is 1. The van der Waals surface area contributed by atoms with Gasteiger partial charge in [-0.05, 0) is 37.6 Å². The van der Waals surface area contributed by atoms with Crippen LogP contribution in [0.5, 0.6) is 5.75 Å². The Balaban J connectivity index is 1.59. The molecule has 4 rings (SSSR count). The number of nitrogens with one attached hydrogen (secondary N) is 3. The molecule has 1 aliphatic rings. The van der Waals surface area contributed by atoms with Gasteiger partial charge in [0.2, 0.25) is 0 Å². The second kappa shape index (κ2) is 7.39. The Morgan fingerprint density at radius 3 is 2.73 bits per heavy atom. The van der Waals surface area contributed by atoms with Crippen molar-refractivity contribution in [3.8, 4) is 5.75 Å². The van der Waals surface area contributed by atoms with E-state index in [0.29, 0.717) is 47.6 Å². The number of aromatic nitrogens is 3. The van der Waals surface area contributed by atoms with Crippen LogP contribution in [0.15, 0.2) is 39.9 Å². The third-order valence-electron chi connectivity index (χ3n) is 4.78. The van der Waals surface area contributed by atoms with Gasteiger partial charge in [0.05, 0.1) is 5.52 Å². The summed E-state index contributed by atoms with van der Waals surface area (Å²) in [6, 6.07) is 7.04. The van der Waals surface area contributed by atoms with Gasteiger partial charge in [-0.2, -0.15) is 0 Å². The molecule has 3 N–H and O–H groups in total. The zero-order valence-electron chi connectivity index (χ0n) is 15.8. The summed E-state index contributed by atoms with van der Waals surface area (Å²) in [7, 11) is 0. The first kappa shape index (κ1) is 19.8. The van der Waals surface area contributed by atoms with Gasteiger partial charge in [-0.3, -0.25) is 19.7 Å². The fraction of sp³-hybridized carbons (Fsp3) is 0.316. The molecule has 1 aromatic carbocycles. The summed E-state index contributed by atoms with van der Waals surface area (Å²) in [6.45, 7) is 2.90. The Hall–Kier alpha value is -3.50. The molecule has 0 bridgehead atoms. The number of hydrogen-bond acceptors (Lipinski definition) is 6. The number of benzene rings is 1. The lowest BCUT2D eigenvalue weighted by atomic mass is 10.1. The molecule has 1 atom stereocenters. The number of rotatable bonds is 4. The predicted molar refractivity (Wildman–Crippen MR) is 105 cm³/mol. The fourth-order valence-corrected chi connectivity index (χ4v) is 3.60. The average Bonchev–Trinajstić information content (AvgIpc) is 3.08. The first-order valence-electron chi connectivity index (χ1n) is 9.18. The van der Waals surface area contributed by atoms with E-state index < -0.39 is 17.6 Å².